The minimum atomic E-state index is 0.572. The summed E-state index contributed by atoms with van der Waals surface area (Å²) in [7, 11) is 0. The Hall–Kier alpha value is -0.0400. The van der Waals surface area contributed by atoms with Gasteiger partial charge in [0, 0.05) is 0 Å². The number of nitrogens with two attached hydrogens (primary N) is 1. The van der Waals surface area contributed by atoms with E-state index >= 15 is 0 Å². The van der Waals surface area contributed by atoms with Crippen LogP contribution in [0.2, 0.25) is 0 Å². The molecule has 0 amide bonds. The molecule has 0 aliphatic heterocycles. The average Bonchev–Trinajstić information content (AvgIpc) is 2.28. The smallest absolute Gasteiger partial charge is 0.00771 e. The average molecular weight is 225 g/mol. The summed E-state index contributed by atoms with van der Waals surface area (Å²) in [5, 5.41) is 0. The highest BCUT2D eigenvalue weighted by molar-refractivity contribution is 4.79. The molecular weight excluding hydrogens is 194 g/mol. The van der Waals surface area contributed by atoms with Crippen LogP contribution in [0.1, 0.15) is 72.1 Å². The summed E-state index contributed by atoms with van der Waals surface area (Å²) in [4.78, 5) is 0. The molecule has 0 radical (unpaired) electrons. The van der Waals surface area contributed by atoms with Crippen LogP contribution < -0.4 is 5.73 Å². The first-order valence-electron chi connectivity index (χ1n) is 7.26. The molecule has 1 rings (SSSR count). The molecule has 1 heteroatoms. The summed E-state index contributed by atoms with van der Waals surface area (Å²) < 4.78 is 0. The monoisotopic (exact) mass is 225 g/mol. The first-order valence-corrected chi connectivity index (χ1v) is 7.26. The Morgan fingerprint density at radius 3 is 2.50 bits per heavy atom. The topological polar surface area (TPSA) is 26.0 Å². The molecule has 1 aliphatic rings. The van der Waals surface area contributed by atoms with Crippen LogP contribution in [-0.4, -0.2) is 6.54 Å². The largest absolute Gasteiger partial charge is 0.330 e. The molecule has 2 N–H and O–H groups in total. The maximum Gasteiger partial charge on any atom is -0.00771 e. The fourth-order valence-corrected chi connectivity index (χ4v) is 3.39. The van der Waals surface area contributed by atoms with E-state index in [1.807, 2.05) is 0 Å². The lowest BCUT2D eigenvalue weighted by molar-refractivity contribution is 0.202. The van der Waals surface area contributed by atoms with Gasteiger partial charge in [0.2, 0.25) is 0 Å². The second-order valence-corrected chi connectivity index (χ2v) is 6.59. The molecule has 1 nitrogen and oxygen atoms in total. The van der Waals surface area contributed by atoms with Gasteiger partial charge in [0.15, 0.2) is 0 Å². The molecule has 2 unspecified atom stereocenters. The molecule has 0 heterocycles. The van der Waals surface area contributed by atoms with Gasteiger partial charge in [-0.05, 0) is 49.5 Å². The maximum atomic E-state index is 5.66. The molecule has 1 fully saturated rings. The highest BCUT2D eigenvalue weighted by Gasteiger charge is 2.27. The van der Waals surface area contributed by atoms with Crippen LogP contribution in [0, 0.1) is 17.3 Å². The molecule has 1 saturated carbocycles. The second kappa shape index (κ2) is 6.64. The Kier molecular flexibility index (Phi) is 5.82. The van der Waals surface area contributed by atoms with Gasteiger partial charge >= 0.3 is 0 Å². The maximum absolute atomic E-state index is 5.66. The Morgan fingerprint density at radius 1 is 1.12 bits per heavy atom. The van der Waals surface area contributed by atoms with Gasteiger partial charge in [-0.25, -0.2) is 0 Å². The summed E-state index contributed by atoms with van der Waals surface area (Å²) in [5.41, 5.74) is 6.23. The van der Waals surface area contributed by atoms with Crippen LogP contribution in [0.5, 0.6) is 0 Å². The van der Waals surface area contributed by atoms with E-state index in [4.69, 9.17) is 5.73 Å². The van der Waals surface area contributed by atoms with E-state index in [-0.39, 0.29) is 0 Å². The first-order chi connectivity index (χ1) is 7.56. The third kappa shape index (κ3) is 4.86. The van der Waals surface area contributed by atoms with Crippen molar-refractivity contribution in [2.45, 2.75) is 72.1 Å². The fourth-order valence-electron chi connectivity index (χ4n) is 3.39. The Morgan fingerprint density at radius 2 is 1.81 bits per heavy atom. The molecule has 0 spiro atoms. The molecule has 3 atom stereocenters. The van der Waals surface area contributed by atoms with Crippen molar-refractivity contribution in [2.75, 3.05) is 6.54 Å². The highest BCUT2D eigenvalue weighted by Crippen LogP contribution is 2.40. The molecule has 0 saturated heterocycles. The van der Waals surface area contributed by atoms with Gasteiger partial charge in [0.05, 0.1) is 0 Å². The summed E-state index contributed by atoms with van der Waals surface area (Å²) in [6.45, 7) is 8.23. The van der Waals surface area contributed by atoms with E-state index in [1.54, 1.807) is 0 Å². The van der Waals surface area contributed by atoms with E-state index in [0.29, 0.717) is 5.41 Å². The lowest BCUT2D eigenvalue weighted by atomic mass is 9.74. The Balaban J connectivity index is 2.53. The van der Waals surface area contributed by atoms with Gasteiger partial charge < -0.3 is 5.73 Å². The van der Waals surface area contributed by atoms with Crippen molar-refractivity contribution in [2.24, 2.45) is 23.0 Å². The quantitative estimate of drug-likeness (QED) is 0.759. The summed E-state index contributed by atoms with van der Waals surface area (Å²) in [6.07, 6.45) is 11.1. The summed E-state index contributed by atoms with van der Waals surface area (Å²) in [5.74, 6) is 1.85. The third-order valence-electron chi connectivity index (χ3n) is 4.46. The van der Waals surface area contributed by atoms with Crippen LogP contribution in [0.3, 0.4) is 0 Å². The Labute approximate surface area is 102 Å². The van der Waals surface area contributed by atoms with E-state index in [0.717, 1.165) is 18.4 Å². The number of hydrogen-bond donors (Lipinski definition) is 1. The SMILES string of the molecule is CC1CC[C@@H](C)CCCC(C)(CCCN)C1. The number of hydrogen-bond acceptors (Lipinski definition) is 1. The predicted molar refractivity (Wildman–Crippen MR) is 72.4 cm³/mol. The Bertz CT molecular complexity index is 190. The zero-order chi connectivity index (χ0) is 12.0. The minimum absolute atomic E-state index is 0.572. The lowest BCUT2D eigenvalue weighted by Crippen LogP contribution is -2.21. The van der Waals surface area contributed by atoms with Crippen molar-refractivity contribution in [3.05, 3.63) is 0 Å². The van der Waals surface area contributed by atoms with Gasteiger partial charge in [0.25, 0.3) is 0 Å². The van der Waals surface area contributed by atoms with Crippen molar-refractivity contribution in [3.8, 4) is 0 Å². The van der Waals surface area contributed by atoms with Crippen molar-refractivity contribution in [1.82, 2.24) is 0 Å². The molecule has 0 aromatic rings. The number of rotatable bonds is 3. The second-order valence-electron chi connectivity index (χ2n) is 6.59. The minimum Gasteiger partial charge on any atom is -0.330 e. The van der Waals surface area contributed by atoms with Crippen LogP contribution in [-0.2, 0) is 0 Å². The van der Waals surface area contributed by atoms with E-state index in [9.17, 15) is 0 Å². The predicted octanol–water partition coefficient (Wildman–Crippen LogP) is 4.36. The standard InChI is InChI=1S/C15H31N/c1-13-6-4-9-15(3,10-5-11-16)12-14(2)8-7-13/h13-14H,4-12,16H2,1-3H3/t13-,14?,15?/m0/s1. The van der Waals surface area contributed by atoms with E-state index < -0.39 is 0 Å². The van der Waals surface area contributed by atoms with Gasteiger partial charge in [-0.15, -0.1) is 0 Å². The molecule has 0 bridgehead atoms. The summed E-state index contributed by atoms with van der Waals surface area (Å²) >= 11 is 0. The third-order valence-corrected chi connectivity index (χ3v) is 4.46. The van der Waals surface area contributed by atoms with Crippen LogP contribution in [0.25, 0.3) is 0 Å². The molecular formula is C15H31N. The van der Waals surface area contributed by atoms with Gasteiger partial charge in [0.1, 0.15) is 0 Å². The molecule has 16 heavy (non-hydrogen) atoms. The van der Waals surface area contributed by atoms with Crippen LogP contribution in [0.15, 0.2) is 0 Å². The van der Waals surface area contributed by atoms with E-state index in [2.05, 4.69) is 20.8 Å². The molecule has 96 valence electrons. The highest BCUT2D eigenvalue weighted by atomic mass is 14.5. The van der Waals surface area contributed by atoms with Crippen molar-refractivity contribution < 1.29 is 0 Å². The van der Waals surface area contributed by atoms with Gasteiger partial charge in [-0.1, -0.05) is 46.5 Å². The molecule has 0 aromatic carbocycles. The molecule has 0 aromatic heterocycles. The molecule has 1 aliphatic carbocycles. The zero-order valence-corrected chi connectivity index (χ0v) is 11.6. The summed E-state index contributed by atoms with van der Waals surface area (Å²) in [6, 6.07) is 0. The van der Waals surface area contributed by atoms with Crippen molar-refractivity contribution in [1.29, 1.82) is 0 Å². The van der Waals surface area contributed by atoms with Crippen molar-refractivity contribution in [3.63, 3.8) is 0 Å². The van der Waals surface area contributed by atoms with Crippen LogP contribution >= 0.6 is 0 Å². The van der Waals surface area contributed by atoms with Crippen molar-refractivity contribution >= 4 is 0 Å². The lowest BCUT2D eigenvalue weighted by Gasteiger charge is -2.32. The van der Waals surface area contributed by atoms with Gasteiger partial charge in [-0.2, -0.15) is 0 Å². The first kappa shape index (κ1) is 14.0. The van der Waals surface area contributed by atoms with E-state index in [1.165, 1.54) is 51.4 Å². The van der Waals surface area contributed by atoms with Crippen LogP contribution in [0.4, 0.5) is 0 Å². The zero-order valence-electron chi connectivity index (χ0n) is 11.6. The fraction of sp³-hybridized carbons (Fsp3) is 1.00. The normalized spacial score (nSPS) is 37.5. The van der Waals surface area contributed by atoms with Gasteiger partial charge in [-0.3, -0.25) is 0 Å².